The number of hydrogen-bond acceptors (Lipinski definition) is 3. The molecule has 3 nitrogen and oxygen atoms in total. The molecule has 0 spiro atoms. The van der Waals surface area contributed by atoms with E-state index in [-0.39, 0.29) is 23.4 Å². The van der Waals surface area contributed by atoms with Gasteiger partial charge >= 0.3 is 5.97 Å². The molecule has 1 aromatic carbocycles. The van der Waals surface area contributed by atoms with E-state index < -0.39 is 6.10 Å². The van der Waals surface area contributed by atoms with Gasteiger partial charge in [-0.05, 0) is 48.3 Å². The fraction of sp³-hybridized carbons (Fsp3) is 0.542. The minimum atomic E-state index is -0.416. The van der Waals surface area contributed by atoms with Crippen molar-refractivity contribution in [1.82, 2.24) is 0 Å². The van der Waals surface area contributed by atoms with Crippen LogP contribution >= 0.6 is 0 Å². The summed E-state index contributed by atoms with van der Waals surface area (Å²) in [7, 11) is 0. The van der Waals surface area contributed by atoms with Crippen molar-refractivity contribution in [1.29, 1.82) is 0 Å². The molecule has 1 N–H and O–H groups in total. The average Bonchev–Trinajstić information content (AvgIpc) is 2.65. The minimum absolute atomic E-state index is 0.213. The van der Waals surface area contributed by atoms with Gasteiger partial charge in [0.1, 0.15) is 6.10 Å². The molecule has 0 heterocycles. The van der Waals surface area contributed by atoms with Crippen molar-refractivity contribution < 1.29 is 14.6 Å². The Balaban J connectivity index is 1.86. The van der Waals surface area contributed by atoms with E-state index in [1.165, 1.54) is 6.08 Å². The topological polar surface area (TPSA) is 46.5 Å². The molecule has 0 saturated heterocycles. The first-order chi connectivity index (χ1) is 12.8. The van der Waals surface area contributed by atoms with Crippen molar-refractivity contribution in [3.63, 3.8) is 0 Å². The Kier molecular flexibility index (Phi) is 5.90. The van der Waals surface area contributed by atoms with E-state index in [1.807, 2.05) is 30.3 Å². The number of fused-ring (bicyclic) bond motifs is 1. The van der Waals surface area contributed by atoms with Crippen molar-refractivity contribution >= 4 is 12.0 Å². The van der Waals surface area contributed by atoms with Crippen LogP contribution in [-0.4, -0.2) is 23.3 Å². The van der Waals surface area contributed by atoms with E-state index in [1.54, 1.807) is 6.08 Å². The fourth-order valence-electron chi connectivity index (χ4n) is 4.86. The summed E-state index contributed by atoms with van der Waals surface area (Å²) >= 11 is 0. The molecule has 1 fully saturated rings. The summed E-state index contributed by atoms with van der Waals surface area (Å²) in [5, 5.41) is 10.6. The van der Waals surface area contributed by atoms with Crippen molar-refractivity contribution in [3.05, 3.63) is 53.6 Å². The van der Waals surface area contributed by atoms with E-state index in [2.05, 4.69) is 33.8 Å². The second-order valence-electron chi connectivity index (χ2n) is 8.68. The molecule has 0 amide bonds. The molecule has 5 atom stereocenters. The number of esters is 1. The molecule has 1 saturated carbocycles. The molecule has 3 heteroatoms. The minimum Gasteiger partial charge on any atom is -0.458 e. The lowest BCUT2D eigenvalue weighted by atomic mass is 9.55. The lowest BCUT2D eigenvalue weighted by Crippen LogP contribution is -2.54. The SMILES string of the molecule is CC(C)[C@@H]1CC=C2[C@H](O)CC[C@H](C)[C@@]2(C)[C@@H]1OC(=O)C=Cc1ccccc1. The number of ether oxygens (including phenoxy) is 1. The highest BCUT2D eigenvalue weighted by Crippen LogP contribution is 2.54. The Labute approximate surface area is 163 Å². The van der Waals surface area contributed by atoms with Crippen LogP contribution in [0, 0.1) is 23.2 Å². The second-order valence-corrected chi connectivity index (χ2v) is 8.68. The van der Waals surface area contributed by atoms with Gasteiger partial charge in [-0.25, -0.2) is 4.79 Å². The monoisotopic (exact) mass is 368 g/mol. The van der Waals surface area contributed by atoms with Crippen molar-refractivity contribution in [2.45, 2.75) is 59.2 Å². The van der Waals surface area contributed by atoms with E-state index in [4.69, 9.17) is 4.74 Å². The predicted molar refractivity (Wildman–Crippen MR) is 109 cm³/mol. The largest absolute Gasteiger partial charge is 0.458 e. The number of carbonyl (C=O) groups excluding carboxylic acids is 1. The van der Waals surface area contributed by atoms with Gasteiger partial charge in [-0.3, -0.25) is 0 Å². The molecule has 0 aliphatic heterocycles. The lowest BCUT2D eigenvalue weighted by molar-refractivity contribution is -0.161. The first kappa shape index (κ1) is 19.9. The van der Waals surface area contributed by atoms with Crippen molar-refractivity contribution in [3.8, 4) is 0 Å². The van der Waals surface area contributed by atoms with Crippen LogP contribution < -0.4 is 0 Å². The summed E-state index contributed by atoms with van der Waals surface area (Å²) in [6.07, 6.45) is 7.51. The summed E-state index contributed by atoms with van der Waals surface area (Å²) in [4.78, 5) is 12.7. The van der Waals surface area contributed by atoms with E-state index in [0.29, 0.717) is 11.8 Å². The number of allylic oxidation sites excluding steroid dienone is 1. The van der Waals surface area contributed by atoms with E-state index in [0.717, 1.165) is 30.4 Å². The van der Waals surface area contributed by atoms with Gasteiger partial charge in [0.2, 0.25) is 0 Å². The Hall–Kier alpha value is -1.87. The standard InChI is InChI=1S/C24H32O3/c1-16(2)19-12-13-20-21(25)14-10-17(3)24(20,4)23(19)27-22(26)15-11-18-8-6-5-7-9-18/h5-9,11,13,15-17,19,21,23,25H,10,12,14H2,1-4H3/t17-,19-,21+,23+,24+/m0/s1. The zero-order valence-electron chi connectivity index (χ0n) is 16.9. The van der Waals surface area contributed by atoms with Crippen LogP contribution in [-0.2, 0) is 9.53 Å². The Morgan fingerprint density at radius 3 is 2.63 bits per heavy atom. The number of hydrogen-bond donors (Lipinski definition) is 1. The van der Waals surface area contributed by atoms with E-state index >= 15 is 0 Å². The molecule has 2 aliphatic rings. The van der Waals surface area contributed by atoms with Gasteiger partial charge in [-0.15, -0.1) is 0 Å². The normalized spacial score (nSPS) is 33.6. The zero-order chi connectivity index (χ0) is 19.6. The molecule has 0 radical (unpaired) electrons. The molecular weight excluding hydrogens is 336 g/mol. The summed E-state index contributed by atoms with van der Waals surface area (Å²) in [5.74, 6) is 0.733. The summed E-state index contributed by atoms with van der Waals surface area (Å²) in [6, 6.07) is 9.77. The van der Waals surface area contributed by atoms with Crippen LogP contribution in [0.3, 0.4) is 0 Å². The van der Waals surface area contributed by atoms with Crippen LogP contribution in [0.2, 0.25) is 0 Å². The van der Waals surface area contributed by atoms with Crippen LogP contribution in [0.25, 0.3) is 6.08 Å². The number of carbonyl (C=O) groups is 1. The average molecular weight is 369 g/mol. The third-order valence-corrected chi connectivity index (χ3v) is 6.78. The van der Waals surface area contributed by atoms with Crippen LogP contribution in [0.4, 0.5) is 0 Å². The number of aliphatic hydroxyl groups is 1. The lowest BCUT2D eigenvalue weighted by Gasteiger charge is -2.53. The Morgan fingerprint density at radius 1 is 1.26 bits per heavy atom. The molecule has 0 aromatic heterocycles. The highest BCUT2D eigenvalue weighted by atomic mass is 16.5. The van der Waals surface area contributed by atoms with E-state index in [9.17, 15) is 9.90 Å². The van der Waals surface area contributed by atoms with Crippen LogP contribution in [0.1, 0.15) is 52.5 Å². The van der Waals surface area contributed by atoms with Gasteiger partial charge in [-0.2, -0.15) is 0 Å². The van der Waals surface area contributed by atoms with Crippen molar-refractivity contribution in [2.75, 3.05) is 0 Å². The molecule has 0 bridgehead atoms. The zero-order valence-corrected chi connectivity index (χ0v) is 16.9. The van der Waals surface area contributed by atoms with Gasteiger partial charge in [-0.1, -0.05) is 64.1 Å². The predicted octanol–water partition coefficient (Wildman–Crippen LogP) is 5.01. The Bertz CT molecular complexity index is 718. The molecular formula is C24H32O3. The molecule has 2 aliphatic carbocycles. The Morgan fingerprint density at radius 2 is 1.96 bits per heavy atom. The summed E-state index contributed by atoms with van der Waals surface area (Å²) < 4.78 is 6.10. The molecule has 3 rings (SSSR count). The maximum Gasteiger partial charge on any atom is 0.331 e. The van der Waals surface area contributed by atoms with Crippen molar-refractivity contribution in [2.24, 2.45) is 23.2 Å². The third kappa shape index (κ3) is 3.89. The quantitative estimate of drug-likeness (QED) is 0.461. The summed E-state index contributed by atoms with van der Waals surface area (Å²) in [6.45, 7) is 8.79. The fourth-order valence-corrected chi connectivity index (χ4v) is 4.86. The number of aliphatic hydroxyl groups excluding tert-OH is 1. The third-order valence-electron chi connectivity index (χ3n) is 6.78. The first-order valence-corrected chi connectivity index (χ1v) is 10.2. The van der Waals surface area contributed by atoms with Crippen LogP contribution in [0.15, 0.2) is 48.1 Å². The number of benzene rings is 1. The van der Waals surface area contributed by atoms with Gasteiger partial charge in [0.05, 0.1) is 6.10 Å². The van der Waals surface area contributed by atoms with Crippen LogP contribution in [0.5, 0.6) is 0 Å². The highest BCUT2D eigenvalue weighted by molar-refractivity contribution is 5.87. The van der Waals surface area contributed by atoms with Gasteiger partial charge in [0.15, 0.2) is 0 Å². The maximum absolute atomic E-state index is 12.7. The van der Waals surface area contributed by atoms with Gasteiger partial charge in [0.25, 0.3) is 0 Å². The molecule has 1 aromatic rings. The molecule has 27 heavy (non-hydrogen) atoms. The maximum atomic E-state index is 12.7. The van der Waals surface area contributed by atoms with Gasteiger partial charge < -0.3 is 9.84 Å². The molecule has 146 valence electrons. The smallest absolute Gasteiger partial charge is 0.331 e. The summed E-state index contributed by atoms with van der Waals surface area (Å²) in [5.41, 5.74) is 1.75. The second kappa shape index (κ2) is 8.02. The molecule has 0 unspecified atom stereocenters. The highest BCUT2D eigenvalue weighted by Gasteiger charge is 2.53. The number of rotatable bonds is 4. The van der Waals surface area contributed by atoms with Gasteiger partial charge in [0, 0.05) is 17.4 Å². The first-order valence-electron chi connectivity index (χ1n) is 10.2.